The number of amides is 1. The Bertz CT molecular complexity index is 1580. The average molecular weight is 503 g/mol. The molecule has 6 rings (SSSR count). The van der Waals surface area contributed by atoms with Crippen LogP contribution in [0.3, 0.4) is 0 Å². The highest BCUT2D eigenvalue weighted by molar-refractivity contribution is 7.17. The highest BCUT2D eigenvalue weighted by Gasteiger charge is 2.27. The predicted molar refractivity (Wildman–Crippen MR) is 137 cm³/mol. The van der Waals surface area contributed by atoms with Crippen LogP contribution in [0.4, 0.5) is 10.2 Å². The average Bonchev–Trinajstić information content (AvgIpc) is 3.55. The van der Waals surface area contributed by atoms with E-state index in [4.69, 9.17) is 0 Å². The van der Waals surface area contributed by atoms with Crippen molar-refractivity contribution in [1.82, 2.24) is 35.4 Å². The molecule has 1 amide bonds. The minimum atomic E-state index is -0.408. The molecule has 1 atom stereocenters. The molecule has 0 radical (unpaired) electrons. The summed E-state index contributed by atoms with van der Waals surface area (Å²) in [7, 11) is 0. The number of fused-ring (bicyclic) bond motifs is 2. The number of piperazine rings is 1. The molecule has 0 unspecified atom stereocenters. The first-order valence-electron chi connectivity index (χ1n) is 11.6. The standard InChI is InChI=1S/C25H23FN8OS/c1-15-2-3-18(9-20(15)26)34-12-19-23(32-34)30-14-31-24(19)33-6-5-27-21(13-33)25(35)29-10-17-8-16-4-7-36-22(16)11-28-17/h2-4,7-9,11-12,14,21,27H,5-6,10,13H2,1H3,(H,29,35)/t21-/m0/s1. The summed E-state index contributed by atoms with van der Waals surface area (Å²) < 4.78 is 16.8. The molecule has 1 aromatic carbocycles. The van der Waals surface area contributed by atoms with Crippen molar-refractivity contribution >= 4 is 44.2 Å². The lowest BCUT2D eigenvalue weighted by Crippen LogP contribution is -2.57. The van der Waals surface area contributed by atoms with Crippen molar-refractivity contribution in [2.75, 3.05) is 24.5 Å². The lowest BCUT2D eigenvalue weighted by molar-refractivity contribution is -0.123. The van der Waals surface area contributed by atoms with Gasteiger partial charge in [-0.2, -0.15) is 0 Å². The third kappa shape index (κ3) is 4.27. The number of thiophene rings is 1. The van der Waals surface area contributed by atoms with Gasteiger partial charge in [0.15, 0.2) is 5.65 Å². The number of aryl methyl sites for hydroxylation is 1. The summed E-state index contributed by atoms with van der Waals surface area (Å²) in [6.07, 6.45) is 5.11. The number of anilines is 1. The van der Waals surface area contributed by atoms with Gasteiger partial charge in [0.1, 0.15) is 24.0 Å². The van der Waals surface area contributed by atoms with Gasteiger partial charge in [-0.1, -0.05) is 6.07 Å². The summed E-state index contributed by atoms with van der Waals surface area (Å²) in [5, 5.41) is 14.7. The summed E-state index contributed by atoms with van der Waals surface area (Å²) in [5.74, 6) is 0.311. The quantitative estimate of drug-likeness (QED) is 0.381. The maximum atomic E-state index is 14.1. The Kier molecular flexibility index (Phi) is 5.78. The Labute approximate surface area is 210 Å². The maximum absolute atomic E-state index is 14.1. The fourth-order valence-corrected chi connectivity index (χ4v) is 5.10. The summed E-state index contributed by atoms with van der Waals surface area (Å²) in [4.78, 5) is 28.3. The largest absolute Gasteiger partial charge is 0.353 e. The topological polar surface area (TPSA) is 101 Å². The van der Waals surface area contributed by atoms with Crippen LogP contribution in [0, 0.1) is 12.7 Å². The lowest BCUT2D eigenvalue weighted by atomic mass is 10.1. The van der Waals surface area contributed by atoms with Gasteiger partial charge in [-0.15, -0.1) is 16.4 Å². The second-order valence-electron chi connectivity index (χ2n) is 8.75. The molecule has 1 saturated heterocycles. The predicted octanol–water partition coefficient (Wildman–Crippen LogP) is 2.97. The lowest BCUT2D eigenvalue weighted by Gasteiger charge is -2.33. The number of pyridine rings is 1. The van der Waals surface area contributed by atoms with E-state index in [0.717, 1.165) is 21.2 Å². The summed E-state index contributed by atoms with van der Waals surface area (Å²) >= 11 is 1.64. The molecular formula is C25H23FN8OS. The molecule has 1 aliphatic rings. The fraction of sp³-hybridized carbons (Fsp3) is 0.240. The van der Waals surface area contributed by atoms with Gasteiger partial charge in [0, 0.05) is 32.0 Å². The Hall–Kier alpha value is -3.96. The molecule has 0 saturated carbocycles. The van der Waals surface area contributed by atoms with Gasteiger partial charge in [0.05, 0.1) is 28.0 Å². The van der Waals surface area contributed by atoms with Crippen molar-refractivity contribution in [1.29, 1.82) is 0 Å². The number of hydrogen-bond donors (Lipinski definition) is 2. The van der Waals surface area contributed by atoms with E-state index in [2.05, 4.69) is 35.6 Å². The number of rotatable bonds is 5. The summed E-state index contributed by atoms with van der Waals surface area (Å²) in [5.41, 5.74) is 2.51. The molecule has 36 heavy (non-hydrogen) atoms. The van der Waals surface area contributed by atoms with Crippen molar-refractivity contribution in [2.24, 2.45) is 0 Å². The Morgan fingerprint density at radius 2 is 2.17 bits per heavy atom. The van der Waals surface area contributed by atoms with Gasteiger partial charge in [-0.3, -0.25) is 9.78 Å². The highest BCUT2D eigenvalue weighted by Crippen LogP contribution is 2.25. The zero-order valence-corrected chi connectivity index (χ0v) is 20.3. The summed E-state index contributed by atoms with van der Waals surface area (Å²) in [6.45, 7) is 3.83. The normalized spacial score (nSPS) is 16.1. The van der Waals surface area contributed by atoms with Crippen molar-refractivity contribution < 1.29 is 9.18 Å². The number of hydrogen-bond acceptors (Lipinski definition) is 8. The molecule has 4 aromatic heterocycles. The van der Waals surface area contributed by atoms with Gasteiger partial charge < -0.3 is 15.5 Å². The van der Waals surface area contributed by atoms with Crippen molar-refractivity contribution in [2.45, 2.75) is 19.5 Å². The van der Waals surface area contributed by atoms with E-state index in [-0.39, 0.29) is 11.7 Å². The van der Waals surface area contributed by atoms with E-state index in [0.29, 0.717) is 48.9 Å². The number of carbonyl (C=O) groups is 1. The van der Waals surface area contributed by atoms with Crippen molar-refractivity contribution in [3.05, 3.63) is 71.5 Å². The first kappa shape index (κ1) is 22.5. The smallest absolute Gasteiger partial charge is 0.239 e. The van der Waals surface area contributed by atoms with Crippen LogP contribution < -0.4 is 15.5 Å². The monoisotopic (exact) mass is 502 g/mol. The molecule has 182 valence electrons. The van der Waals surface area contributed by atoms with Crippen LogP contribution in [-0.4, -0.2) is 56.3 Å². The third-order valence-electron chi connectivity index (χ3n) is 6.35. The SMILES string of the molecule is Cc1ccc(-n2cc3c(N4CCN[C@H](C(=O)NCc5cc6ccsc6cn5)C4)ncnc3n2)cc1F. The fourth-order valence-electron chi connectivity index (χ4n) is 4.36. The Balaban J connectivity index is 1.19. The molecule has 0 bridgehead atoms. The van der Waals surface area contributed by atoms with Crippen LogP contribution >= 0.6 is 11.3 Å². The zero-order valence-electron chi connectivity index (χ0n) is 19.5. The first-order chi connectivity index (χ1) is 17.5. The van der Waals surface area contributed by atoms with Crippen LogP contribution in [0.5, 0.6) is 0 Å². The van der Waals surface area contributed by atoms with Gasteiger partial charge >= 0.3 is 0 Å². The van der Waals surface area contributed by atoms with E-state index in [1.165, 1.54) is 12.4 Å². The third-order valence-corrected chi connectivity index (χ3v) is 7.21. The summed E-state index contributed by atoms with van der Waals surface area (Å²) in [6, 6.07) is 8.62. The minimum Gasteiger partial charge on any atom is -0.353 e. The number of halogens is 1. The van der Waals surface area contributed by atoms with Crippen LogP contribution in [0.15, 0.2) is 54.4 Å². The minimum absolute atomic E-state index is 0.0944. The number of aromatic nitrogens is 5. The maximum Gasteiger partial charge on any atom is 0.239 e. The van der Waals surface area contributed by atoms with Crippen LogP contribution in [-0.2, 0) is 11.3 Å². The van der Waals surface area contributed by atoms with E-state index in [1.807, 2.05) is 29.8 Å². The molecule has 11 heteroatoms. The molecule has 0 spiro atoms. The van der Waals surface area contributed by atoms with Gasteiger partial charge in [-0.25, -0.2) is 19.0 Å². The van der Waals surface area contributed by atoms with E-state index >= 15 is 0 Å². The number of carbonyl (C=O) groups excluding carboxylic acids is 1. The zero-order chi connectivity index (χ0) is 24.6. The van der Waals surface area contributed by atoms with Crippen molar-refractivity contribution in [3.8, 4) is 5.69 Å². The molecular weight excluding hydrogens is 479 g/mol. The molecule has 5 aromatic rings. The first-order valence-corrected chi connectivity index (χ1v) is 12.5. The second kappa shape index (κ2) is 9.25. The van der Waals surface area contributed by atoms with Crippen LogP contribution in [0.2, 0.25) is 0 Å². The van der Waals surface area contributed by atoms with Gasteiger partial charge in [-0.05, 0) is 47.5 Å². The Morgan fingerprint density at radius 1 is 1.25 bits per heavy atom. The number of benzene rings is 1. The van der Waals surface area contributed by atoms with E-state index in [9.17, 15) is 9.18 Å². The molecule has 9 nitrogen and oxygen atoms in total. The second-order valence-corrected chi connectivity index (χ2v) is 9.69. The van der Waals surface area contributed by atoms with E-state index in [1.54, 1.807) is 35.2 Å². The highest BCUT2D eigenvalue weighted by atomic mass is 32.1. The van der Waals surface area contributed by atoms with E-state index < -0.39 is 6.04 Å². The van der Waals surface area contributed by atoms with Gasteiger partial charge in [0.25, 0.3) is 0 Å². The Morgan fingerprint density at radius 3 is 3.06 bits per heavy atom. The molecule has 0 aliphatic carbocycles. The van der Waals surface area contributed by atoms with Crippen molar-refractivity contribution in [3.63, 3.8) is 0 Å². The number of nitrogens with one attached hydrogen (secondary N) is 2. The molecule has 1 aliphatic heterocycles. The number of nitrogens with zero attached hydrogens (tertiary/aromatic N) is 6. The molecule has 2 N–H and O–H groups in total. The van der Waals surface area contributed by atoms with Crippen LogP contribution in [0.1, 0.15) is 11.3 Å². The van der Waals surface area contributed by atoms with Crippen LogP contribution in [0.25, 0.3) is 26.8 Å². The molecule has 1 fully saturated rings. The van der Waals surface area contributed by atoms with Gasteiger partial charge in [0.2, 0.25) is 5.91 Å². The molecule has 5 heterocycles.